The van der Waals surface area contributed by atoms with E-state index in [9.17, 15) is 18.0 Å². The van der Waals surface area contributed by atoms with Crippen LogP contribution >= 0.6 is 11.6 Å². The Kier molecular flexibility index (Phi) is 5.22. The fourth-order valence-electron chi connectivity index (χ4n) is 2.55. The number of nitrogens with zero attached hydrogens (tertiary/aromatic N) is 4. The summed E-state index contributed by atoms with van der Waals surface area (Å²) in [5, 5.41) is 11.0. The van der Waals surface area contributed by atoms with Gasteiger partial charge in [0.25, 0.3) is 0 Å². The van der Waals surface area contributed by atoms with E-state index in [0.717, 1.165) is 11.6 Å². The van der Waals surface area contributed by atoms with Gasteiger partial charge in [-0.1, -0.05) is 23.7 Å². The molecule has 0 atom stereocenters. The van der Waals surface area contributed by atoms with Crippen molar-refractivity contribution in [3.63, 3.8) is 0 Å². The number of rotatable bonds is 5. The second-order valence-corrected chi connectivity index (χ2v) is 6.34. The number of halogens is 4. The molecule has 6 nitrogen and oxygen atoms in total. The van der Waals surface area contributed by atoms with Crippen molar-refractivity contribution in [1.29, 1.82) is 0 Å². The fourth-order valence-corrected chi connectivity index (χ4v) is 2.76. The molecule has 10 heteroatoms. The van der Waals surface area contributed by atoms with Gasteiger partial charge in [0, 0.05) is 17.3 Å². The van der Waals surface area contributed by atoms with Crippen molar-refractivity contribution in [2.24, 2.45) is 0 Å². The quantitative estimate of drug-likeness (QED) is 0.713. The van der Waals surface area contributed by atoms with Crippen molar-refractivity contribution in [2.75, 3.05) is 5.32 Å². The van der Waals surface area contributed by atoms with Gasteiger partial charge in [0.1, 0.15) is 12.2 Å². The highest BCUT2D eigenvalue weighted by Crippen LogP contribution is 2.29. The van der Waals surface area contributed by atoms with Gasteiger partial charge in [0.2, 0.25) is 5.91 Å². The largest absolute Gasteiger partial charge is 0.433 e. The number of hydrogen-bond donors (Lipinski definition) is 1. The molecular weight excluding hydrogens is 383 g/mol. The lowest BCUT2D eigenvalue weighted by Gasteiger charge is -2.09. The number of alkyl halides is 3. The molecule has 0 radical (unpaired) electrons. The SMILES string of the molecule is Cc1cc(C(F)(F)F)n(CC(=O)Nc2ccn(Cc3cccc(Cl)c3)n2)n1. The molecule has 1 amide bonds. The highest BCUT2D eigenvalue weighted by atomic mass is 35.5. The van der Waals surface area contributed by atoms with Crippen molar-refractivity contribution >= 4 is 23.3 Å². The summed E-state index contributed by atoms with van der Waals surface area (Å²) in [5.74, 6) is -0.420. The van der Waals surface area contributed by atoms with Crippen LogP contribution in [0.5, 0.6) is 0 Å². The van der Waals surface area contributed by atoms with Crippen LogP contribution in [0.3, 0.4) is 0 Å². The lowest BCUT2D eigenvalue weighted by atomic mass is 10.2. The fraction of sp³-hybridized carbons (Fsp3) is 0.235. The van der Waals surface area contributed by atoms with Crippen LogP contribution in [0.15, 0.2) is 42.6 Å². The van der Waals surface area contributed by atoms with Crippen LogP contribution in [0.25, 0.3) is 0 Å². The van der Waals surface area contributed by atoms with Gasteiger partial charge in [-0.25, -0.2) is 0 Å². The zero-order chi connectivity index (χ0) is 19.6. The summed E-state index contributed by atoms with van der Waals surface area (Å²) in [5.41, 5.74) is 0.132. The molecule has 0 fully saturated rings. The first-order chi connectivity index (χ1) is 12.7. The average molecular weight is 398 g/mol. The normalized spacial score (nSPS) is 11.6. The number of aromatic nitrogens is 4. The Hall–Kier alpha value is -2.81. The van der Waals surface area contributed by atoms with Gasteiger partial charge in [-0.05, 0) is 30.7 Å². The summed E-state index contributed by atoms with van der Waals surface area (Å²) in [4.78, 5) is 12.1. The van der Waals surface area contributed by atoms with Crippen LogP contribution in [-0.2, 0) is 24.1 Å². The third-order valence-electron chi connectivity index (χ3n) is 3.63. The molecule has 1 aromatic carbocycles. The summed E-state index contributed by atoms with van der Waals surface area (Å²) >= 11 is 5.93. The van der Waals surface area contributed by atoms with Crippen molar-refractivity contribution < 1.29 is 18.0 Å². The number of benzene rings is 1. The summed E-state index contributed by atoms with van der Waals surface area (Å²) in [6, 6.07) is 9.69. The van der Waals surface area contributed by atoms with Gasteiger partial charge in [0.05, 0.1) is 12.2 Å². The molecule has 0 saturated heterocycles. The number of carbonyl (C=O) groups is 1. The van der Waals surface area contributed by atoms with Crippen molar-refractivity contribution in [1.82, 2.24) is 19.6 Å². The molecule has 2 aromatic heterocycles. The minimum atomic E-state index is -4.58. The van der Waals surface area contributed by atoms with Crippen LogP contribution < -0.4 is 5.32 Å². The van der Waals surface area contributed by atoms with Gasteiger partial charge in [-0.2, -0.15) is 23.4 Å². The van der Waals surface area contributed by atoms with Crippen LogP contribution in [-0.4, -0.2) is 25.5 Å². The number of aryl methyl sites for hydroxylation is 1. The first-order valence-corrected chi connectivity index (χ1v) is 8.28. The van der Waals surface area contributed by atoms with E-state index < -0.39 is 24.3 Å². The summed E-state index contributed by atoms with van der Waals surface area (Å²) in [6.45, 7) is 1.30. The van der Waals surface area contributed by atoms with Gasteiger partial charge in [-0.3, -0.25) is 14.2 Å². The molecule has 1 N–H and O–H groups in total. The molecule has 0 spiro atoms. The number of anilines is 1. The third-order valence-corrected chi connectivity index (χ3v) is 3.86. The minimum Gasteiger partial charge on any atom is -0.308 e. The average Bonchev–Trinajstić information content (AvgIpc) is 3.13. The highest BCUT2D eigenvalue weighted by molar-refractivity contribution is 6.30. The van der Waals surface area contributed by atoms with E-state index in [0.29, 0.717) is 16.2 Å². The first kappa shape index (κ1) is 19.0. The van der Waals surface area contributed by atoms with Gasteiger partial charge in [0.15, 0.2) is 5.82 Å². The second-order valence-electron chi connectivity index (χ2n) is 5.90. The molecule has 142 valence electrons. The van der Waals surface area contributed by atoms with Crippen molar-refractivity contribution in [3.05, 3.63) is 64.6 Å². The predicted octanol–water partition coefficient (Wildman–Crippen LogP) is 3.75. The lowest BCUT2D eigenvalue weighted by molar-refractivity contribution is -0.144. The second kappa shape index (κ2) is 7.43. The van der Waals surface area contributed by atoms with Crippen molar-refractivity contribution in [3.8, 4) is 0 Å². The van der Waals surface area contributed by atoms with Crippen LogP contribution in [0.1, 0.15) is 17.0 Å². The molecule has 2 heterocycles. The molecule has 0 saturated carbocycles. The first-order valence-electron chi connectivity index (χ1n) is 7.90. The topological polar surface area (TPSA) is 64.7 Å². The third kappa shape index (κ3) is 4.88. The Morgan fingerprint density at radius 3 is 2.70 bits per heavy atom. The standard InChI is InChI=1S/C17H15ClF3N5O/c1-11-7-14(17(19,20)21)26(23-11)10-16(27)22-15-5-6-25(24-15)9-12-3-2-4-13(18)8-12/h2-8H,9-10H2,1H3,(H,22,24,27). The number of hydrogen-bond acceptors (Lipinski definition) is 3. The smallest absolute Gasteiger partial charge is 0.308 e. The van der Waals surface area contributed by atoms with E-state index in [1.165, 1.54) is 6.92 Å². The number of amides is 1. The van der Waals surface area contributed by atoms with Crippen LogP contribution in [0, 0.1) is 6.92 Å². The summed E-state index contributed by atoms with van der Waals surface area (Å²) in [7, 11) is 0. The maximum atomic E-state index is 13.0. The zero-order valence-electron chi connectivity index (χ0n) is 14.2. The number of nitrogens with one attached hydrogen (secondary N) is 1. The molecular formula is C17H15ClF3N5O. The minimum absolute atomic E-state index is 0.181. The van der Waals surface area contributed by atoms with Gasteiger partial charge in [-0.15, -0.1) is 0 Å². The van der Waals surface area contributed by atoms with Crippen LogP contribution in [0.4, 0.5) is 19.0 Å². The summed E-state index contributed by atoms with van der Waals surface area (Å²) < 4.78 is 41.1. The van der Waals surface area contributed by atoms with E-state index in [2.05, 4.69) is 15.5 Å². The van der Waals surface area contributed by atoms with E-state index in [4.69, 9.17) is 11.6 Å². The Morgan fingerprint density at radius 1 is 1.22 bits per heavy atom. The van der Waals surface area contributed by atoms with Gasteiger partial charge < -0.3 is 5.32 Å². The zero-order valence-corrected chi connectivity index (χ0v) is 14.9. The van der Waals surface area contributed by atoms with E-state index in [1.807, 2.05) is 12.1 Å². The molecule has 0 aliphatic carbocycles. The molecule has 3 aromatic rings. The number of carbonyl (C=O) groups excluding carboxylic acids is 1. The van der Waals surface area contributed by atoms with E-state index in [1.54, 1.807) is 29.1 Å². The van der Waals surface area contributed by atoms with Crippen LogP contribution in [0.2, 0.25) is 5.02 Å². The predicted molar refractivity (Wildman–Crippen MR) is 93.4 cm³/mol. The maximum absolute atomic E-state index is 13.0. The summed E-state index contributed by atoms with van der Waals surface area (Å²) in [6.07, 6.45) is -2.93. The highest BCUT2D eigenvalue weighted by Gasteiger charge is 2.35. The van der Waals surface area contributed by atoms with E-state index in [-0.39, 0.29) is 11.5 Å². The molecule has 27 heavy (non-hydrogen) atoms. The molecule has 0 unspecified atom stereocenters. The van der Waals surface area contributed by atoms with Gasteiger partial charge >= 0.3 is 6.18 Å². The molecule has 0 aliphatic rings. The Morgan fingerprint density at radius 2 is 2.00 bits per heavy atom. The molecule has 3 rings (SSSR count). The monoisotopic (exact) mass is 397 g/mol. The Bertz CT molecular complexity index is 964. The van der Waals surface area contributed by atoms with Crippen molar-refractivity contribution in [2.45, 2.75) is 26.2 Å². The molecule has 0 bridgehead atoms. The lowest BCUT2D eigenvalue weighted by Crippen LogP contribution is -2.24. The maximum Gasteiger partial charge on any atom is 0.433 e. The Balaban J connectivity index is 1.65. The Labute approximate surface area is 157 Å². The van der Waals surface area contributed by atoms with E-state index >= 15 is 0 Å². The molecule has 0 aliphatic heterocycles.